The molecule has 2 rings (SSSR count). The van der Waals surface area contributed by atoms with Crippen LogP contribution in [0.3, 0.4) is 0 Å². The molecule has 0 aliphatic rings. The number of hydrogen-bond acceptors (Lipinski definition) is 3. The number of rotatable bonds is 4. The first kappa shape index (κ1) is 14.2. The first-order valence-electron chi connectivity index (χ1n) is 6.20. The fourth-order valence-electron chi connectivity index (χ4n) is 1.73. The summed E-state index contributed by atoms with van der Waals surface area (Å²) in [4.78, 5) is 12.1. The van der Waals surface area contributed by atoms with Gasteiger partial charge in [-0.25, -0.2) is 0 Å². The molecule has 0 heterocycles. The maximum absolute atomic E-state index is 12.1. The Hall–Kier alpha value is -2.20. The lowest BCUT2D eigenvalue weighted by Crippen LogP contribution is -2.13. The van der Waals surface area contributed by atoms with Gasteiger partial charge in [0.1, 0.15) is 5.75 Å². The number of halogens is 1. The molecule has 4 nitrogen and oxygen atoms in total. The van der Waals surface area contributed by atoms with Crippen molar-refractivity contribution in [2.24, 2.45) is 0 Å². The predicted octanol–water partition coefficient (Wildman–Crippen LogP) is 3.57. The summed E-state index contributed by atoms with van der Waals surface area (Å²) in [6.45, 7) is 2.32. The van der Waals surface area contributed by atoms with Crippen molar-refractivity contribution in [1.29, 1.82) is 0 Å². The molecular formula is C15H15ClN2O2. The number of nitrogens with two attached hydrogens (primary N) is 1. The molecule has 104 valence electrons. The SMILES string of the molecule is CCOc1cc(N)c(Cl)cc1NC(=O)c1ccccc1. The summed E-state index contributed by atoms with van der Waals surface area (Å²) in [7, 11) is 0. The minimum absolute atomic E-state index is 0.229. The largest absolute Gasteiger partial charge is 0.492 e. The molecule has 0 saturated heterocycles. The Morgan fingerprint density at radius 2 is 2.00 bits per heavy atom. The van der Waals surface area contributed by atoms with Crippen molar-refractivity contribution < 1.29 is 9.53 Å². The van der Waals surface area contributed by atoms with E-state index in [1.807, 2.05) is 13.0 Å². The van der Waals surface area contributed by atoms with Crippen LogP contribution in [0.2, 0.25) is 5.02 Å². The van der Waals surface area contributed by atoms with Gasteiger partial charge in [0.05, 0.1) is 23.0 Å². The van der Waals surface area contributed by atoms with Crippen LogP contribution in [0.4, 0.5) is 11.4 Å². The van der Waals surface area contributed by atoms with Gasteiger partial charge in [0.25, 0.3) is 5.91 Å². The average molecular weight is 291 g/mol. The monoisotopic (exact) mass is 290 g/mol. The second kappa shape index (κ2) is 6.30. The number of carbonyl (C=O) groups is 1. The zero-order chi connectivity index (χ0) is 14.5. The van der Waals surface area contributed by atoms with Crippen molar-refractivity contribution in [2.45, 2.75) is 6.92 Å². The van der Waals surface area contributed by atoms with Crippen molar-refractivity contribution >= 4 is 28.9 Å². The van der Waals surface area contributed by atoms with Crippen LogP contribution in [0.1, 0.15) is 17.3 Å². The van der Waals surface area contributed by atoms with E-state index in [2.05, 4.69) is 5.32 Å². The summed E-state index contributed by atoms with van der Waals surface area (Å²) >= 11 is 5.98. The third-order valence-electron chi connectivity index (χ3n) is 2.68. The highest BCUT2D eigenvalue weighted by Gasteiger charge is 2.12. The first-order valence-corrected chi connectivity index (χ1v) is 6.58. The average Bonchev–Trinajstić information content (AvgIpc) is 2.45. The number of benzene rings is 2. The van der Waals surface area contributed by atoms with Crippen molar-refractivity contribution in [3.63, 3.8) is 0 Å². The van der Waals surface area contributed by atoms with Crippen LogP contribution in [-0.2, 0) is 0 Å². The Balaban J connectivity index is 2.28. The molecule has 20 heavy (non-hydrogen) atoms. The Kier molecular flexibility index (Phi) is 4.48. The molecule has 2 aromatic rings. The van der Waals surface area contributed by atoms with Crippen molar-refractivity contribution in [1.82, 2.24) is 0 Å². The normalized spacial score (nSPS) is 10.1. The second-order valence-electron chi connectivity index (χ2n) is 4.12. The molecule has 0 fully saturated rings. The van der Waals surface area contributed by atoms with E-state index in [1.54, 1.807) is 36.4 Å². The number of anilines is 2. The van der Waals surface area contributed by atoms with E-state index in [1.165, 1.54) is 0 Å². The number of amides is 1. The Morgan fingerprint density at radius 3 is 2.65 bits per heavy atom. The third-order valence-corrected chi connectivity index (χ3v) is 3.01. The Morgan fingerprint density at radius 1 is 1.30 bits per heavy atom. The lowest BCUT2D eigenvalue weighted by atomic mass is 10.2. The van der Waals surface area contributed by atoms with E-state index in [-0.39, 0.29) is 5.91 Å². The molecule has 0 saturated carbocycles. The molecule has 1 amide bonds. The quantitative estimate of drug-likeness (QED) is 0.846. The van der Waals surface area contributed by atoms with Crippen molar-refractivity contribution in [3.05, 3.63) is 53.1 Å². The van der Waals surface area contributed by atoms with Gasteiger partial charge in [-0.1, -0.05) is 29.8 Å². The van der Waals surface area contributed by atoms with E-state index in [0.29, 0.717) is 34.3 Å². The standard InChI is InChI=1S/C15H15ClN2O2/c1-2-20-14-9-12(17)11(16)8-13(14)18-15(19)10-6-4-3-5-7-10/h3-9H,2,17H2,1H3,(H,18,19). The smallest absolute Gasteiger partial charge is 0.255 e. The van der Waals surface area contributed by atoms with Crippen LogP contribution < -0.4 is 15.8 Å². The summed E-state index contributed by atoms with van der Waals surface area (Å²) in [5.41, 5.74) is 7.21. The van der Waals surface area contributed by atoms with Gasteiger partial charge < -0.3 is 15.8 Å². The predicted molar refractivity (Wildman–Crippen MR) is 81.4 cm³/mol. The van der Waals surface area contributed by atoms with Crippen molar-refractivity contribution in [2.75, 3.05) is 17.7 Å². The number of nitrogens with one attached hydrogen (secondary N) is 1. The van der Waals surface area contributed by atoms with Gasteiger partial charge in [-0.05, 0) is 25.1 Å². The van der Waals surface area contributed by atoms with Crippen LogP contribution in [0.25, 0.3) is 0 Å². The fraction of sp³-hybridized carbons (Fsp3) is 0.133. The van der Waals surface area contributed by atoms with Gasteiger partial charge in [-0.3, -0.25) is 4.79 Å². The van der Waals surface area contributed by atoms with Crippen LogP contribution >= 0.6 is 11.6 Å². The highest BCUT2D eigenvalue weighted by molar-refractivity contribution is 6.33. The molecule has 0 unspecified atom stereocenters. The maximum Gasteiger partial charge on any atom is 0.255 e. The zero-order valence-corrected chi connectivity index (χ0v) is 11.8. The molecular weight excluding hydrogens is 276 g/mol. The molecule has 0 radical (unpaired) electrons. The van der Waals surface area contributed by atoms with Crippen molar-refractivity contribution in [3.8, 4) is 5.75 Å². The highest BCUT2D eigenvalue weighted by atomic mass is 35.5. The molecule has 3 N–H and O–H groups in total. The minimum Gasteiger partial charge on any atom is -0.492 e. The lowest BCUT2D eigenvalue weighted by Gasteiger charge is -2.13. The first-order chi connectivity index (χ1) is 9.61. The molecule has 0 aliphatic carbocycles. The van der Waals surface area contributed by atoms with E-state index < -0.39 is 0 Å². The molecule has 0 aliphatic heterocycles. The zero-order valence-electron chi connectivity index (χ0n) is 11.0. The minimum atomic E-state index is -0.229. The van der Waals surface area contributed by atoms with Crippen LogP contribution in [0, 0.1) is 0 Å². The van der Waals surface area contributed by atoms with E-state index in [4.69, 9.17) is 22.1 Å². The number of hydrogen-bond donors (Lipinski definition) is 2. The van der Waals surface area contributed by atoms with E-state index in [0.717, 1.165) is 0 Å². The number of carbonyl (C=O) groups excluding carboxylic acids is 1. The summed E-state index contributed by atoms with van der Waals surface area (Å²) in [5, 5.41) is 3.15. The van der Waals surface area contributed by atoms with Gasteiger partial charge >= 0.3 is 0 Å². The Bertz CT molecular complexity index is 615. The van der Waals surface area contributed by atoms with Gasteiger partial charge in [0.15, 0.2) is 0 Å². The van der Waals surface area contributed by atoms with E-state index >= 15 is 0 Å². The van der Waals surface area contributed by atoms with Gasteiger partial charge in [-0.2, -0.15) is 0 Å². The molecule has 0 aromatic heterocycles. The number of nitrogen functional groups attached to an aromatic ring is 1. The molecule has 0 atom stereocenters. The Labute approximate surface area is 122 Å². The second-order valence-corrected chi connectivity index (χ2v) is 4.53. The van der Waals surface area contributed by atoms with Crippen LogP contribution in [0.15, 0.2) is 42.5 Å². The van der Waals surface area contributed by atoms with Gasteiger partial charge in [0, 0.05) is 11.6 Å². The molecule has 0 spiro atoms. The van der Waals surface area contributed by atoms with E-state index in [9.17, 15) is 4.79 Å². The molecule has 0 bridgehead atoms. The number of ether oxygens (including phenoxy) is 1. The van der Waals surface area contributed by atoms with Gasteiger partial charge in [0.2, 0.25) is 0 Å². The summed E-state index contributed by atoms with van der Waals surface area (Å²) in [6.07, 6.45) is 0. The fourth-order valence-corrected chi connectivity index (χ4v) is 1.89. The third kappa shape index (κ3) is 3.22. The highest BCUT2D eigenvalue weighted by Crippen LogP contribution is 2.33. The van der Waals surface area contributed by atoms with Crippen LogP contribution in [-0.4, -0.2) is 12.5 Å². The van der Waals surface area contributed by atoms with Crippen LogP contribution in [0.5, 0.6) is 5.75 Å². The lowest BCUT2D eigenvalue weighted by molar-refractivity contribution is 0.102. The summed E-state index contributed by atoms with van der Waals surface area (Å²) < 4.78 is 5.46. The molecule has 2 aromatic carbocycles. The van der Waals surface area contributed by atoms with Gasteiger partial charge in [-0.15, -0.1) is 0 Å². The summed E-state index contributed by atoms with van der Waals surface area (Å²) in [6, 6.07) is 12.1. The topological polar surface area (TPSA) is 64.3 Å². The summed E-state index contributed by atoms with van der Waals surface area (Å²) in [5.74, 6) is 0.270. The maximum atomic E-state index is 12.1. The molecule has 5 heteroatoms.